The first-order chi connectivity index (χ1) is 17.3. The molecule has 6 nitrogen and oxygen atoms in total. The number of fused-ring (bicyclic) bond motifs is 7. The molecule has 3 fully saturated rings. The van der Waals surface area contributed by atoms with Crippen molar-refractivity contribution in [2.75, 3.05) is 0 Å². The van der Waals surface area contributed by atoms with Crippen LogP contribution in [0.4, 0.5) is 0 Å². The Balaban J connectivity index is 1.62. The Hall–Kier alpha value is -2.50. The third-order valence-corrected chi connectivity index (χ3v) is 11.0. The summed E-state index contributed by atoms with van der Waals surface area (Å²) < 4.78 is 11.7. The van der Waals surface area contributed by atoms with E-state index < -0.39 is 40.2 Å². The summed E-state index contributed by atoms with van der Waals surface area (Å²) in [6.45, 7) is 13.7. The molecule has 200 valence electrons. The van der Waals surface area contributed by atoms with Gasteiger partial charge in [0.2, 0.25) is 0 Å². The molecule has 0 aromatic carbocycles. The monoisotopic (exact) mass is 508 g/mol. The zero-order valence-corrected chi connectivity index (χ0v) is 23.2. The van der Waals surface area contributed by atoms with Crippen LogP contribution in [0.2, 0.25) is 0 Å². The molecule has 0 spiro atoms. The molecule has 0 bridgehead atoms. The summed E-state index contributed by atoms with van der Waals surface area (Å²) in [5, 5.41) is 0. The van der Waals surface area contributed by atoms with Gasteiger partial charge in [0.1, 0.15) is 6.10 Å². The molecule has 0 aromatic rings. The van der Waals surface area contributed by atoms with E-state index in [1.807, 2.05) is 13.0 Å². The maximum absolute atomic E-state index is 14.6. The molecule has 0 aromatic heterocycles. The van der Waals surface area contributed by atoms with Crippen molar-refractivity contribution in [3.8, 4) is 0 Å². The van der Waals surface area contributed by atoms with Gasteiger partial charge >= 0.3 is 11.9 Å². The number of carbonyl (C=O) groups is 4. The first-order valence-electron chi connectivity index (χ1n) is 13.8. The predicted octanol–water partition coefficient (Wildman–Crippen LogP) is 5.31. The van der Waals surface area contributed by atoms with Crippen LogP contribution in [0.25, 0.3) is 0 Å². The van der Waals surface area contributed by atoms with E-state index in [-0.39, 0.29) is 35.5 Å². The minimum atomic E-state index is -0.975. The van der Waals surface area contributed by atoms with E-state index in [0.717, 1.165) is 30.4 Å². The van der Waals surface area contributed by atoms with E-state index in [1.165, 1.54) is 12.5 Å². The third-order valence-electron chi connectivity index (χ3n) is 11.0. The topological polar surface area (TPSA) is 86.7 Å². The van der Waals surface area contributed by atoms with E-state index in [1.54, 1.807) is 6.08 Å². The van der Waals surface area contributed by atoms with Gasteiger partial charge in [-0.1, -0.05) is 45.4 Å². The molecule has 9 unspecified atom stereocenters. The number of ether oxygens (including phenoxy) is 2. The van der Waals surface area contributed by atoms with Gasteiger partial charge in [0.25, 0.3) is 0 Å². The Bertz CT molecular complexity index is 1170. The normalized spacial score (nSPS) is 44.0. The quantitative estimate of drug-likeness (QED) is 0.378. The van der Waals surface area contributed by atoms with Crippen molar-refractivity contribution < 1.29 is 28.7 Å². The Morgan fingerprint density at radius 3 is 2.49 bits per heavy atom. The molecule has 3 saturated carbocycles. The lowest BCUT2D eigenvalue weighted by molar-refractivity contribution is -0.207. The summed E-state index contributed by atoms with van der Waals surface area (Å²) in [5.74, 6) is -1.57. The van der Waals surface area contributed by atoms with Gasteiger partial charge in [0, 0.05) is 29.7 Å². The van der Waals surface area contributed by atoms with Crippen LogP contribution in [-0.4, -0.2) is 35.7 Å². The number of allylic oxidation sites excluding steroid dienone is 4. The average Bonchev–Trinajstić information content (AvgIpc) is 3.26. The summed E-state index contributed by atoms with van der Waals surface area (Å²) in [6.07, 6.45) is 8.24. The first-order valence-corrected chi connectivity index (χ1v) is 13.8. The zero-order valence-electron chi connectivity index (χ0n) is 23.2. The van der Waals surface area contributed by atoms with Crippen molar-refractivity contribution in [2.45, 2.75) is 92.8 Å². The first kappa shape index (κ1) is 26.1. The SMILES string of the molecule is CC(=O)OC1C(=O)C2(C)C(CCC3C4=C(CCC=C(C)C)C(=O)OC4CC32C)C2(C)C=CC(=O)C(C)C12. The van der Waals surface area contributed by atoms with Gasteiger partial charge in [0.05, 0.1) is 0 Å². The second-order valence-corrected chi connectivity index (χ2v) is 13.0. The minimum absolute atomic E-state index is 0.0124. The highest BCUT2D eigenvalue weighted by Gasteiger charge is 2.74. The van der Waals surface area contributed by atoms with Crippen molar-refractivity contribution in [2.24, 2.45) is 39.9 Å². The number of hydrogen-bond acceptors (Lipinski definition) is 6. The molecule has 0 N–H and O–H groups in total. The second-order valence-electron chi connectivity index (χ2n) is 13.0. The average molecular weight is 509 g/mol. The largest absolute Gasteiger partial charge is 0.454 e. The zero-order chi connectivity index (χ0) is 27.1. The predicted molar refractivity (Wildman–Crippen MR) is 138 cm³/mol. The van der Waals surface area contributed by atoms with Crippen LogP contribution >= 0.6 is 0 Å². The van der Waals surface area contributed by atoms with Gasteiger partial charge in [-0.3, -0.25) is 14.4 Å². The lowest BCUT2D eigenvalue weighted by Gasteiger charge is -2.66. The lowest BCUT2D eigenvalue weighted by Crippen LogP contribution is -2.69. The molecule has 0 radical (unpaired) electrons. The number of carbonyl (C=O) groups excluding carboxylic acids is 4. The van der Waals surface area contributed by atoms with E-state index in [9.17, 15) is 19.2 Å². The van der Waals surface area contributed by atoms with Crippen LogP contribution in [0.5, 0.6) is 0 Å². The number of Topliss-reactive ketones (excluding diaryl/α,β-unsaturated/α-hetero) is 1. The van der Waals surface area contributed by atoms with E-state index in [2.05, 4.69) is 40.7 Å². The molecule has 5 aliphatic rings. The summed E-state index contributed by atoms with van der Waals surface area (Å²) in [6, 6.07) is 0. The maximum atomic E-state index is 14.6. The minimum Gasteiger partial charge on any atom is -0.454 e. The summed E-state index contributed by atoms with van der Waals surface area (Å²) in [7, 11) is 0. The Morgan fingerprint density at radius 1 is 1.14 bits per heavy atom. The number of ketones is 2. The van der Waals surface area contributed by atoms with Gasteiger partial charge < -0.3 is 9.47 Å². The van der Waals surface area contributed by atoms with Gasteiger partial charge in [-0.05, 0) is 80.3 Å². The molecule has 6 heteroatoms. The van der Waals surface area contributed by atoms with Crippen LogP contribution in [0.15, 0.2) is 34.9 Å². The fourth-order valence-corrected chi connectivity index (χ4v) is 9.18. The standard InChI is InChI=1S/C31H40O6/c1-16(2)9-8-10-19-24-20-11-12-23-29(5)14-13-21(33)17(3)25(29)26(36-18(4)32)27(34)31(23,7)30(20,6)15-22(24)37-28(19)35/h9,13-14,17,20,22-23,25-26H,8,10-12,15H2,1-7H3. The van der Waals surface area contributed by atoms with Crippen molar-refractivity contribution in [1.29, 1.82) is 0 Å². The molecule has 9 atom stereocenters. The molecular weight excluding hydrogens is 468 g/mol. The summed E-state index contributed by atoms with van der Waals surface area (Å²) in [4.78, 5) is 52.4. The van der Waals surface area contributed by atoms with E-state index in [0.29, 0.717) is 12.8 Å². The molecule has 0 amide bonds. The molecule has 0 saturated heterocycles. The highest BCUT2D eigenvalue weighted by atomic mass is 16.6. The fourth-order valence-electron chi connectivity index (χ4n) is 9.18. The van der Waals surface area contributed by atoms with Gasteiger partial charge in [0.15, 0.2) is 17.7 Å². The van der Waals surface area contributed by atoms with E-state index >= 15 is 0 Å². The van der Waals surface area contributed by atoms with Crippen molar-refractivity contribution >= 4 is 23.5 Å². The third kappa shape index (κ3) is 3.43. The highest BCUT2D eigenvalue weighted by molar-refractivity contribution is 5.98. The van der Waals surface area contributed by atoms with Crippen LogP contribution in [0.3, 0.4) is 0 Å². The number of esters is 2. The molecule has 37 heavy (non-hydrogen) atoms. The fraction of sp³-hybridized carbons (Fsp3) is 0.677. The molecule has 1 aliphatic heterocycles. The van der Waals surface area contributed by atoms with Crippen LogP contribution in [-0.2, 0) is 28.7 Å². The van der Waals surface area contributed by atoms with Gasteiger partial charge in [-0.2, -0.15) is 0 Å². The maximum Gasteiger partial charge on any atom is 0.334 e. The Labute approximate surface area is 219 Å². The van der Waals surface area contributed by atoms with Gasteiger partial charge in [-0.15, -0.1) is 0 Å². The number of hydrogen-bond donors (Lipinski definition) is 0. The Morgan fingerprint density at radius 2 is 1.84 bits per heavy atom. The van der Waals surface area contributed by atoms with Crippen molar-refractivity contribution in [1.82, 2.24) is 0 Å². The van der Waals surface area contributed by atoms with Crippen LogP contribution in [0, 0.1) is 39.9 Å². The van der Waals surface area contributed by atoms with Crippen molar-refractivity contribution in [3.63, 3.8) is 0 Å². The molecule has 1 heterocycles. The summed E-state index contributed by atoms with van der Waals surface area (Å²) in [5.41, 5.74) is 1.37. The Kier molecular flexibility index (Phi) is 6.00. The van der Waals surface area contributed by atoms with Crippen LogP contribution in [0.1, 0.15) is 80.6 Å². The number of rotatable bonds is 4. The molecule has 5 rings (SSSR count). The highest BCUT2D eigenvalue weighted by Crippen LogP contribution is 2.73. The molecular formula is C31H40O6. The summed E-state index contributed by atoms with van der Waals surface area (Å²) >= 11 is 0. The van der Waals surface area contributed by atoms with Crippen LogP contribution < -0.4 is 0 Å². The molecule has 4 aliphatic carbocycles. The smallest absolute Gasteiger partial charge is 0.334 e. The van der Waals surface area contributed by atoms with Crippen molar-refractivity contribution in [3.05, 3.63) is 34.9 Å². The van der Waals surface area contributed by atoms with E-state index in [4.69, 9.17) is 9.47 Å². The van der Waals surface area contributed by atoms with Gasteiger partial charge in [-0.25, -0.2) is 4.79 Å². The second kappa shape index (κ2) is 8.51. The lowest BCUT2D eigenvalue weighted by atomic mass is 9.37.